The monoisotopic (exact) mass is 215 g/mol. The van der Waals surface area contributed by atoms with Crippen molar-refractivity contribution < 1.29 is 5.11 Å². The smallest absolute Gasteiger partial charge is 0.0704 e. The first-order valence-electron chi connectivity index (χ1n) is 5.52. The van der Waals surface area contributed by atoms with E-state index in [4.69, 9.17) is 5.73 Å². The van der Waals surface area contributed by atoms with Crippen LogP contribution in [0.2, 0.25) is 0 Å². The summed E-state index contributed by atoms with van der Waals surface area (Å²) in [6.45, 7) is 3.79. The summed E-state index contributed by atoms with van der Waals surface area (Å²) in [5, 5.41) is 11.8. The Bertz CT molecular complexity index is 505. The molecule has 2 rings (SSSR count). The standard InChI is InChI=1S/C14H17NO/c1-9-3-4-12-8-13(14(15)10(2)16)6-5-11(12)7-9/h3-8,10,14,16H,15H2,1-2H3. The van der Waals surface area contributed by atoms with Crippen LogP contribution in [-0.2, 0) is 0 Å². The van der Waals surface area contributed by atoms with Gasteiger partial charge in [-0.25, -0.2) is 0 Å². The van der Waals surface area contributed by atoms with Crippen molar-refractivity contribution in [1.29, 1.82) is 0 Å². The molecule has 84 valence electrons. The second kappa shape index (κ2) is 4.24. The fraction of sp³-hybridized carbons (Fsp3) is 0.286. The molecule has 0 heterocycles. The van der Waals surface area contributed by atoms with E-state index >= 15 is 0 Å². The van der Waals surface area contributed by atoms with E-state index in [1.54, 1.807) is 6.92 Å². The number of rotatable bonds is 2. The zero-order valence-corrected chi connectivity index (χ0v) is 9.64. The second-order valence-corrected chi connectivity index (χ2v) is 4.38. The van der Waals surface area contributed by atoms with Gasteiger partial charge in [-0.3, -0.25) is 0 Å². The van der Waals surface area contributed by atoms with E-state index in [0.717, 1.165) is 5.56 Å². The summed E-state index contributed by atoms with van der Waals surface area (Å²) in [6.07, 6.45) is -0.525. The fourth-order valence-corrected chi connectivity index (χ4v) is 1.87. The average molecular weight is 215 g/mol. The number of hydrogen-bond donors (Lipinski definition) is 2. The van der Waals surface area contributed by atoms with Crippen LogP contribution in [0.3, 0.4) is 0 Å². The van der Waals surface area contributed by atoms with Gasteiger partial charge in [-0.1, -0.05) is 35.9 Å². The molecule has 0 amide bonds. The third kappa shape index (κ3) is 2.08. The van der Waals surface area contributed by atoms with Gasteiger partial charge in [0.1, 0.15) is 0 Å². The second-order valence-electron chi connectivity index (χ2n) is 4.38. The van der Waals surface area contributed by atoms with Crippen molar-refractivity contribution in [3.63, 3.8) is 0 Å². The maximum atomic E-state index is 9.47. The summed E-state index contributed by atoms with van der Waals surface area (Å²) in [5.74, 6) is 0. The van der Waals surface area contributed by atoms with Crippen molar-refractivity contribution in [3.05, 3.63) is 47.5 Å². The van der Waals surface area contributed by atoms with Crippen LogP contribution in [0, 0.1) is 6.92 Å². The lowest BCUT2D eigenvalue weighted by Crippen LogP contribution is -2.22. The highest BCUT2D eigenvalue weighted by Crippen LogP contribution is 2.22. The molecule has 0 radical (unpaired) electrons. The molecule has 0 aliphatic rings. The molecule has 0 aliphatic heterocycles. The van der Waals surface area contributed by atoms with Crippen LogP contribution in [0.1, 0.15) is 24.1 Å². The van der Waals surface area contributed by atoms with Gasteiger partial charge in [0.2, 0.25) is 0 Å². The first kappa shape index (κ1) is 11.1. The summed E-state index contributed by atoms with van der Waals surface area (Å²) in [5.41, 5.74) is 8.14. The summed E-state index contributed by atoms with van der Waals surface area (Å²) in [6, 6.07) is 12.1. The largest absolute Gasteiger partial charge is 0.391 e. The van der Waals surface area contributed by atoms with Crippen LogP contribution in [-0.4, -0.2) is 11.2 Å². The van der Waals surface area contributed by atoms with Crippen LogP contribution < -0.4 is 5.73 Å². The SMILES string of the molecule is Cc1ccc2cc(C(N)C(C)O)ccc2c1. The minimum absolute atomic E-state index is 0.314. The van der Waals surface area contributed by atoms with Crippen LogP contribution >= 0.6 is 0 Å². The summed E-state index contributed by atoms with van der Waals surface area (Å²) in [7, 11) is 0. The predicted octanol–water partition coefficient (Wildman–Crippen LogP) is 2.53. The minimum Gasteiger partial charge on any atom is -0.391 e. The van der Waals surface area contributed by atoms with Crippen LogP contribution in [0.5, 0.6) is 0 Å². The van der Waals surface area contributed by atoms with E-state index in [1.165, 1.54) is 16.3 Å². The molecule has 2 atom stereocenters. The molecule has 0 fully saturated rings. The molecule has 16 heavy (non-hydrogen) atoms. The molecular formula is C14H17NO. The zero-order valence-electron chi connectivity index (χ0n) is 9.64. The van der Waals surface area contributed by atoms with Crippen LogP contribution in [0.25, 0.3) is 10.8 Å². The molecular weight excluding hydrogens is 198 g/mol. The van der Waals surface area contributed by atoms with E-state index in [0.29, 0.717) is 0 Å². The third-order valence-electron chi connectivity index (χ3n) is 2.92. The molecule has 0 aromatic heterocycles. The highest BCUT2D eigenvalue weighted by Gasteiger charge is 2.11. The molecule has 2 nitrogen and oxygen atoms in total. The Kier molecular flexibility index (Phi) is 2.95. The lowest BCUT2D eigenvalue weighted by Gasteiger charge is -2.15. The van der Waals surface area contributed by atoms with Gasteiger partial charge in [0, 0.05) is 0 Å². The number of aliphatic hydroxyl groups is 1. The lowest BCUT2D eigenvalue weighted by atomic mass is 9.99. The topological polar surface area (TPSA) is 46.2 Å². The van der Waals surface area contributed by atoms with Crippen molar-refractivity contribution in [2.45, 2.75) is 26.0 Å². The Morgan fingerprint density at radius 3 is 2.38 bits per heavy atom. The maximum Gasteiger partial charge on any atom is 0.0704 e. The van der Waals surface area contributed by atoms with Crippen LogP contribution in [0.4, 0.5) is 0 Å². The molecule has 0 saturated heterocycles. The third-order valence-corrected chi connectivity index (χ3v) is 2.92. The number of hydrogen-bond acceptors (Lipinski definition) is 2. The normalized spacial score (nSPS) is 15.0. The van der Waals surface area contributed by atoms with Gasteiger partial charge >= 0.3 is 0 Å². The highest BCUT2D eigenvalue weighted by atomic mass is 16.3. The first-order valence-corrected chi connectivity index (χ1v) is 5.52. The molecule has 2 aromatic carbocycles. The summed E-state index contributed by atoms with van der Waals surface area (Å²) in [4.78, 5) is 0. The fourth-order valence-electron chi connectivity index (χ4n) is 1.87. The number of nitrogens with two attached hydrogens (primary N) is 1. The highest BCUT2D eigenvalue weighted by molar-refractivity contribution is 5.83. The van der Waals surface area contributed by atoms with E-state index in [9.17, 15) is 5.11 Å². The quantitative estimate of drug-likeness (QED) is 0.808. The van der Waals surface area contributed by atoms with E-state index in [1.807, 2.05) is 12.1 Å². The van der Waals surface area contributed by atoms with Crippen molar-refractivity contribution in [1.82, 2.24) is 0 Å². The Labute approximate surface area is 95.7 Å². The molecule has 2 unspecified atom stereocenters. The van der Waals surface area contributed by atoms with E-state index in [-0.39, 0.29) is 6.04 Å². The average Bonchev–Trinajstić information content (AvgIpc) is 2.27. The van der Waals surface area contributed by atoms with Gasteiger partial charge in [-0.2, -0.15) is 0 Å². The van der Waals surface area contributed by atoms with Gasteiger partial charge in [0.25, 0.3) is 0 Å². The molecule has 3 N–H and O–H groups in total. The van der Waals surface area contributed by atoms with E-state index < -0.39 is 6.10 Å². The first-order chi connectivity index (χ1) is 7.58. The predicted molar refractivity (Wildman–Crippen MR) is 67.3 cm³/mol. The summed E-state index contributed by atoms with van der Waals surface area (Å²) >= 11 is 0. The van der Waals surface area contributed by atoms with Crippen molar-refractivity contribution in [2.75, 3.05) is 0 Å². The Balaban J connectivity index is 2.48. The molecule has 2 heteroatoms. The molecule has 2 aromatic rings. The number of aliphatic hydroxyl groups excluding tert-OH is 1. The van der Waals surface area contributed by atoms with Crippen LogP contribution in [0.15, 0.2) is 36.4 Å². The van der Waals surface area contributed by atoms with Crippen molar-refractivity contribution in [3.8, 4) is 0 Å². The van der Waals surface area contributed by atoms with E-state index in [2.05, 4.69) is 31.2 Å². The van der Waals surface area contributed by atoms with Crippen molar-refractivity contribution >= 4 is 10.8 Å². The minimum atomic E-state index is -0.525. The molecule has 0 saturated carbocycles. The Hall–Kier alpha value is -1.38. The number of benzene rings is 2. The maximum absolute atomic E-state index is 9.47. The Morgan fingerprint density at radius 2 is 1.69 bits per heavy atom. The van der Waals surface area contributed by atoms with Gasteiger partial charge in [-0.15, -0.1) is 0 Å². The lowest BCUT2D eigenvalue weighted by molar-refractivity contribution is 0.164. The molecule has 0 aliphatic carbocycles. The van der Waals surface area contributed by atoms with Gasteiger partial charge in [0.15, 0.2) is 0 Å². The zero-order chi connectivity index (χ0) is 11.7. The summed E-state index contributed by atoms with van der Waals surface area (Å²) < 4.78 is 0. The van der Waals surface area contributed by atoms with Crippen molar-refractivity contribution in [2.24, 2.45) is 5.73 Å². The van der Waals surface area contributed by atoms with Gasteiger partial charge in [0.05, 0.1) is 12.1 Å². The van der Waals surface area contributed by atoms with Gasteiger partial charge in [-0.05, 0) is 36.2 Å². The number of fused-ring (bicyclic) bond motifs is 1. The molecule has 0 spiro atoms. The number of aryl methyl sites for hydroxylation is 1. The van der Waals surface area contributed by atoms with Gasteiger partial charge < -0.3 is 10.8 Å². The Morgan fingerprint density at radius 1 is 1.06 bits per heavy atom. The molecule has 0 bridgehead atoms.